The second-order valence-electron chi connectivity index (χ2n) is 6.87. The van der Waals surface area contributed by atoms with Crippen molar-refractivity contribution in [2.45, 2.75) is 72.2 Å². The Balaban J connectivity index is 0. The summed E-state index contributed by atoms with van der Waals surface area (Å²) in [4.78, 5) is 23.9. The quantitative estimate of drug-likeness (QED) is 0.175. The lowest BCUT2D eigenvalue weighted by atomic mass is 10.1. The number of phosphoric ester groups is 1. The lowest BCUT2D eigenvalue weighted by Crippen LogP contribution is -3.11. The molecule has 5 atom stereocenters. The van der Waals surface area contributed by atoms with Gasteiger partial charge in [0.05, 0.1) is 53.7 Å². The SMILES string of the molecule is CC[NH+](CC)CC.CC[NH+](CC)CC.O=P([O-])([O-])O[C@H]1O[C@@H]([C@@H](O)CO)[C@H](O)[C@H]1O. The summed E-state index contributed by atoms with van der Waals surface area (Å²) in [5.74, 6) is 0. The maximum absolute atomic E-state index is 10.3. The van der Waals surface area contributed by atoms with Gasteiger partial charge in [0, 0.05) is 0 Å². The fourth-order valence-corrected chi connectivity index (χ4v) is 3.24. The Morgan fingerprint density at radius 1 is 0.900 bits per heavy atom. The molecule has 30 heavy (non-hydrogen) atoms. The van der Waals surface area contributed by atoms with Gasteiger partial charge < -0.3 is 53.8 Å². The molecule has 12 heteroatoms. The van der Waals surface area contributed by atoms with Crippen molar-refractivity contribution in [3.63, 3.8) is 0 Å². The normalized spacial score (nSPS) is 24.9. The molecule has 1 aliphatic rings. The predicted octanol–water partition coefficient (Wildman–Crippen LogP) is -4.51. The Hall–Kier alpha value is -0.170. The first-order valence-corrected chi connectivity index (χ1v) is 12.1. The van der Waals surface area contributed by atoms with Crippen LogP contribution in [0.25, 0.3) is 0 Å². The highest BCUT2D eigenvalue weighted by Gasteiger charge is 2.46. The van der Waals surface area contributed by atoms with Gasteiger partial charge in [-0.2, -0.15) is 0 Å². The minimum atomic E-state index is -5.38. The Morgan fingerprint density at radius 3 is 1.50 bits per heavy atom. The maximum atomic E-state index is 10.3. The number of nitrogens with one attached hydrogen (secondary N) is 2. The lowest BCUT2D eigenvalue weighted by molar-refractivity contribution is -0.894. The van der Waals surface area contributed by atoms with Crippen LogP contribution >= 0.6 is 7.82 Å². The zero-order valence-corrected chi connectivity index (χ0v) is 20.0. The van der Waals surface area contributed by atoms with Crippen LogP contribution in [0, 0.1) is 0 Å². The Bertz CT molecular complexity index is 424. The highest BCUT2D eigenvalue weighted by molar-refractivity contribution is 7.43. The van der Waals surface area contributed by atoms with Gasteiger partial charge in [0.2, 0.25) is 0 Å². The summed E-state index contributed by atoms with van der Waals surface area (Å²) < 4.78 is 18.7. The summed E-state index contributed by atoms with van der Waals surface area (Å²) >= 11 is 0. The van der Waals surface area contributed by atoms with Gasteiger partial charge >= 0.3 is 0 Å². The molecule has 1 aliphatic heterocycles. The summed E-state index contributed by atoms with van der Waals surface area (Å²) in [6.07, 6.45) is -8.32. The number of hydrogen-bond acceptors (Lipinski definition) is 9. The van der Waals surface area contributed by atoms with E-state index in [0.717, 1.165) is 0 Å². The van der Waals surface area contributed by atoms with Gasteiger partial charge in [0.1, 0.15) is 24.4 Å². The van der Waals surface area contributed by atoms with Crippen LogP contribution in [-0.2, 0) is 13.8 Å². The molecule has 0 aromatic heterocycles. The molecular formula is C18H43N2O9P. The van der Waals surface area contributed by atoms with Crippen LogP contribution in [0.1, 0.15) is 41.5 Å². The number of hydrogen-bond donors (Lipinski definition) is 6. The first-order valence-electron chi connectivity index (χ1n) is 10.6. The minimum absolute atomic E-state index is 0.770. The van der Waals surface area contributed by atoms with E-state index >= 15 is 0 Å². The summed E-state index contributed by atoms with van der Waals surface area (Å²) in [7, 11) is -5.38. The number of rotatable bonds is 10. The van der Waals surface area contributed by atoms with Crippen molar-refractivity contribution in [1.29, 1.82) is 0 Å². The first kappa shape index (κ1) is 32.0. The van der Waals surface area contributed by atoms with Crippen molar-refractivity contribution >= 4 is 7.82 Å². The molecule has 0 saturated carbocycles. The molecule has 0 spiro atoms. The van der Waals surface area contributed by atoms with Crippen LogP contribution in [0.5, 0.6) is 0 Å². The standard InChI is InChI=1S/2C6H15N.C6H13O9P/c2*1-4-7(5-2)6-3;7-1-2(8)5-3(9)4(10)6(14-5)15-16(11,12)13/h2*4-6H2,1-3H3;2-10H,1H2,(H2,11,12,13)/t;;2-,3+,4+,5-,6+/m..0/s1. The molecule has 0 aromatic rings. The molecular weight excluding hydrogens is 419 g/mol. The average molecular weight is 463 g/mol. The zero-order chi connectivity index (χ0) is 23.9. The Labute approximate surface area is 180 Å². The molecule has 0 radical (unpaired) electrons. The van der Waals surface area contributed by atoms with Crippen molar-refractivity contribution in [2.24, 2.45) is 0 Å². The molecule has 1 heterocycles. The van der Waals surface area contributed by atoms with Crippen molar-refractivity contribution in [1.82, 2.24) is 0 Å². The molecule has 184 valence electrons. The molecule has 0 amide bonds. The van der Waals surface area contributed by atoms with Crippen LogP contribution in [0.4, 0.5) is 0 Å². The summed E-state index contributed by atoms with van der Waals surface area (Å²) in [5.41, 5.74) is 0. The average Bonchev–Trinajstić information content (AvgIpc) is 2.98. The summed E-state index contributed by atoms with van der Waals surface area (Å²) in [6, 6.07) is 0. The molecule has 0 bridgehead atoms. The third-order valence-corrected chi connectivity index (χ3v) is 5.52. The first-order chi connectivity index (χ1) is 14.0. The monoisotopic (exact) mass is 462 g/mol. The maximum Gasteiger partial charge on any atom is 0.191 e. The van der Waals surface area contributed by atoms with E-state index in [4.69, 9.17) is 10.2 Å². The van der Waals surface area contributed by atoms with Gasteiger partial charge in [-0.15, -0.1) is 0 Å². The fourth-order valence-electron chi connectivity index (χ4n) is 2.81. The van der Waals surface area contributed by atoms with Crippen molar-refractivity contribution in [2.75, 3.05) is 45.9 Å². The van der Waals surface area contributed by atoms with E-state index in [0.29, 0.717) is 0 Å². The third kappa shape index (κ3) is 13.3. The van der Waals surface area contributed by atoms with Crippen LogP contribution in [0.3, 0.4) is 0 Å². The zero-order valence-electron chi connectivity index (χ0n) is 19.1. The number of phosphoric acid groups is 1. The largest absolute Gasteiger partial charge is 0.790 e. The topological polar surface area (TPSA) is 171 Å². The number of quaternary nitrogens is 2. The van der Waals surface area contributed by atoms with Gasteiger partial charge in [-0.3, -0.25) is 0 Å². The molecule has 0 aromatic carbocycles. The molecule has 1 saturated heterocycles. The molecule has 1 rings (SSSR count). The van der Waals surface area contributed by atoms with E-state index < -0.39 is 45.1 Å². The molecule has 0 unspecified atom stereocenters. The second kappa shape index (κ2) is 17.4. The van der Waals surface area contributed by atoms with Gasteiger partial charge in [-0.1, -0.05) is 0 Å². The van der Waals surface area contributed by atoms with Gasteiger partial charge in [0.25, 0.3) is 0 Å². The highest BCUT2D eigenvalue weighted by Crippen LogP contribution is 2.34. The predicted molar refractivity (Wildman–Crippen MR) is 108 cm³/mol. The molecule has 1 fully saturated rings. The van der Waals surface area contributed by atoms with Crippen LogP contribution in [0.2, 0.25) is 0 Å². The highest BCUT2D eigenvalue weighted by atomic mass is 31.2. The van der Waals surface area contributed by atoms with Crippen molar-refractivity contribution in [3.8, 4) is 0 Å². The molecule has 11 nitrogen and oxygen atoms in total. The van der Waals surface area contributed by atoms with Crippen molar-refractivity contribution < 1.29 is 53.8 Å². The van der Waals surface area contributed by atoms with Crippen LogP contribution < -0.4 is 19.6 Å². The van der Waals surface area contributed by atoms with Crippen LogP contribution in [-0.4, -0.2) is 97.0 Å². The van der Waals surface area contributed by atoms with E-state index in [1.807, 2.05) is 0 Å². The van der Waals surface area contributed by atoms with Crippen molar-refractivity contribution in [3.05, 3.63) is 0 Å². The van der Waals surface area contributed by atoms with E-state index in [1.54, 1.807) is 9.80 Å². The van der Waals surface area contributed by atoms with E-state index in [2.05, 4.69) is 50.8 Å². The number of ether oxygens (including phenoxy) is 1. The Morgan fingerprint density at radius 2 is 1.27 bits per heavy atom. The van der Waals surface area contributed by atoms with Gasteiger partial charge in [0.15, 0.2) is 6.29 Å². The second-order valence-corrected chi connectivity index (χ2v) is 7.98. The van der Waals surface area contributed by atoms with Gasteiger partial charge in [-0.25, -0.2) is 0 Å². The van der Waals surface area contributed by atoms with E-state index in [1.165, 1.54) is 39.3 Å². The number of aliphatic hydroxyl groups is 4. The smallest absolute Gasteiger partial charge is 0.191 e. The summed E-state index contributed by atoms with van der Waals surface area (Å²) in [5, 5.41) is 36.3. The summed E-state index contributed by atoms with van der Waals surface area (Å²) in [6.45, 7) is 20.2. The third-order valence-electron chi connectivity index (χ3n) is 5.06. The Kier molecular flexibility index (Phi) is 18.6. The number of aliphatic hydroxyl groups excluding tert-OH is 4. The van der Waals surface area contributed by atoms with Crippen LogP contribution in [0.15, 0.2) is 0 Å². The van der Waals surface area contributed by atoms with E-state index in [-0.39, 0.29) is 0 Å². The van der Waals surface area contributed by atoms with E-state index in [9.17, 15) is 24.6 Å². The fraction of sp³-hybridized carbons (Fsp3) is 1.00. The lowest BCUT2D eigenvalue weighted by Gasteiger charge is -2.32. The van der Waals surface area contributed by atoms with Gasteiger partial charge in [-0.05, 0) is 41.5 Å². The minimum Gasteiger partial charge on any atom is -0.790 e. The molecule has 0 aliphatic carbocycles. The molecule has 6 N–H and O–H groups in total.